The number of anilines is 3. The summed E-state index contributed by atoms with van der Waals surface area (Å²) in [5, 5.41) is 8.50. The van der Waals surface area contributed by atoms with Crippen molar-refractivity contribution in [1.82, 2.24) is 0 Å². The monoisotopic (exact) mass is 503 g/mol. The van der Waals surface area contributed by atoms with Crippen molar-refractivity contribution in [3.05, 3.63) is 83.9 Å². The molecule has 3 rings (SSSR count). The molecule has 178 valence electrons. The number of hydrogen-bond donors (Lipinski definition) is 3. The number of rotatable bonds is 7. The number of thiocarbonyl (C=S) groups is 1. The molecule has 34 heavy (non-hydrogen) atoms. The van der Waals surface area contributed by atoms with Gasteiger partial charge in [0.25, 0.3) is 0 Å². The van der Waals surface area contributed by atoms with Crippen LogP contribution in [0.5, 0.6) is 0 Å². The fraction of sp³-hybridized carbons (Fsp3) is 0.200. The molecular formula is C25H24F3N3OS2. The predicted molar refractivity (Wildman–Crippen MR) is 137 cm³/mol. The molecule has 0 saturated heterocycles. The highest BCUT2D eigenvalue weighted by Gasteiger charge is 2.34. The molecule has 3 aromatic carbocycles. The minimum atomic E-state index is -4.55. The zero-order valence-corrected chi connectivity index (χ0v) is 20.2. The lowest BCUT2D eigenvalue weighted by Crippen LogP contribution is -2.26. The van der Waals surface area contributed by atoms with E-state index in [4.69, 9.17) is 12.2 Å². The zero-order valence-electron chi connectivity index (χ0n) is 18.6. The summed E-state index contributed by atoms with van der Waals surface area (Å²) in [5.74, 6) is -0.487. The van der Waals surface area contributed by atoms with Gasteiger partial charge in [0.15, 0.2) is 5.11 Å². The molecule has 0 aliphatic carbocycles. The van der Waals surface area contributed by atoms with Gasteiger partial charge in [-0.15, -0.1) is 11.8 Å². The predicted octanol–water partition coefficient (Wildman–Crippen LogP) is 7.33. The van der Waals surface area contributed by atoms with Crippen molar-refractivity contribution in [3.63, 3.8) is 0 Å². The summed E-state index contributed by atoms with van der Waals surface area (Å²) in [6, 6.07) is 20.1. The minimum absolute atomic E-state index is 0.248. The number of hydrogen-bond acceptors (Lipinski definition) is 3. The number of nitrogens with one attached hydrogen (secondary N) is 3. The molecule has 0 bridgehead atoms. The molecule has 0 spiro atoms. The minimum Gasteiger partial charge on any atom is -0.332 e. The number of thioether (sulfide) groups is 1. The first kappa shape index (κ1) is 25.6. The Balaban J connectivity index is 1.65. The standard InChI is InChI=1S/C25H24F3N3OS2/c1-3-22(23(32)31-21-10-5-4-9-20(21)25(26,27)28)34-19-8-6-7-18(15-19)30-24(33)29-17-13-11-16(2)12-14-17/h4-15,22H,3H2,1-2H3,(H,31,32)(H2,29,30,33). The number of amides is 1. The number of alkyl halides is 3. The van der Waals surface area contributed by atoms with Crippen molar-refractivity contribution in [2.24, 2.45) is 0 Å². The molecule has 0 fully saturated rings. The van der Waals surface area contributed by atoms with Crippen LogP contribution in [0.3, 0.4) is 0 Å². The molecule has 3 aromatic rings. The molecule has 9 heteroatoms. The Kier molecular flexibility index (Phi) is 8.57. The number of carbonyl (C=O) groups is 1. The lowest BCUT2D eigenvalue weighted by molar-refractivity contribution is -0.137. The molecule has 0 heterocycles. The first-order valence-electron chi connectivity index (χ1n) is 10.5. The van der Waals surface area contributed by atoms with Crippen molar-refractivity contribution < 1.29 is 18.0 Å². The summed E-state index contributed by atoms with van der Waals surface area (Å²) in [6.07, 6.45) is -4.11. The van der Waals surface area contributed by atoms with Gasteiger partial charge in [-0.2, -0.15) is 13.2 Å². The Morgan fingerprint density at radius 3 is 2.29 bits per heavy atom. The first-order chi connectivity index (χ1) is 16.2. The molecule has 4 nitrogen and oxygen atoms in total. The number of carbonyl (C=O) groups excluding carboxylic acids is 1. The summed E-state index contributed by atoms with van der Waals surface area (Å²) < 4.78 is 39.8. The van der Waals surface area contributed by atoms with E-state index in [2.05, 4.69) is 16.0 Å². The topological polar surface area (TPSA) is 53.2 Å². The molecule has 1 unspecified atom stereocenters. The number of para-hydroxylation sites is 1. The molecule has 1 atom stereocenters. The summed E-state index contributed by atoms with van der Waals surface area (Å²) in [7, 11) is 0. The van der Waals surface area contributed by atoms with Crippen LogP contribution in [0, 0.1) is 6.92 Å². The second-order valence-corrected chi connectivity index (χ2v) is 9.20. The van der Waals surface area contributed by atoms with Gasteiger partial charge in [0.1, 0.15) is 0 Å². The first-order valence-corrected chi connectivity index (χ1v) is 11.8. The molecule has 0 aromatic heterocycles. The highest BCUT2D eigenvalue weighted by atomic mass is 32.2. The summed E-state index contributed by atoms with van der Waals surface area (Å²) in [5.41, 5.74) is 1.61. The van der Waals surface area contributed by atoms with E-state index in [1.807, 2.05) is 62.4 Å². The fourth-order valence-corrected chi connectivity index (χ4v) is 4.37. The van der Waals surface area contributed by atoms with E-state index >= 15 is 0 Å². The van der Waals surface area contributed by atoms with Crippen LogP contribution in [0.4, 0.5) is 30.2 Å². The van der Waals surface area contributed by atoms with Gasteiger partial charge in [0.05, 0.1) is 16.5 Å². The van der Waals surface area contributed by atoms with Gasteiger partial charge in [0.2, 0.25) is 5.91 Å². The van der Waals surface area contributed by atoms with Gasteiger partial charge < -0.3 is 16.0 Å². The second kappa shape index (κ2) is 11.4. The SMILES string of the molecule is CCC(Sc1cccc(NC(=S)Nc2ccc(C)cc2)c1)C(=O)Nc1ccccc1C(F)(F)F. The van der Waals surface area contributed by atoms with E-state index in [0.29, 0.717) is 11.5 Å². The lowest BCUT2D eigenvalue weighted by atomic mass is 10.1. The maximum atomic E-state index is 13.3. The number of aryl methyl sites for hydroxylation is 1. The largest absolute Gasteiger partial charge is 0.418 e. The number of halogens is 3. The van der Waals surface area contributed by atoms with E-state index in [0.717, 1.165) is 27.9 Å². The lowest BCUT2D eigenvalue weighted by Gasteiger charge is -2.18. The highest BCUT2D eigenvalue weighted by Crippen LogP contribution is 2.35. The van der Waals surface area contributed by atoms with E-state index in [1.54, 1.807) is 0 Å². The van der Waals surface area contributed by atoms with Crippen LogP contribution in [0.15, 0.2) is 77.7 Å². The molecule has 0 radical (unpaired) electrons. The van der Waals surface area contributed by atoms with E-state index in [-0.39, 0.29) is 5.69 Å². The average Bonchev–Trinajstić information content (AvgIpc) is 2.79. The average molecular weight is 504 g/mol. The van der Waals surface area contributed by atoms with Gasteiger partial charge in [-0.1, -0.05) is 42.8 Å². The second-order valence-electron chi connectivity index (χ2n) is 7.52. The van der Waals surface area contributed by atoms with Gasteiger partial charge in [-0.25, -0.2) is 0 Å². The van der Waals surface area contributed by atoms with Crippen molar-refractivity contribution in [3.8, 4) is 0 Å². The van der Waals surface area contributed by atoms with Crippen molar-refractivity contribution in [1.29, 1.82) is 0 Å². The fourth-order valence-electron chi connectivity index (χ4n) is 3.12. The van der Waals surface area contributed by atoms with Crippen molar-refractivity contribution >= 4 is 52.1 Å². The molecule has 0 aliphatic heterocycles. The summed E-state index contributed by atoms with van der Waals surface area (Å²) in [4.78, 5) is 13.6. The van der Waals surface area contributed by atoms with Crippen LogP contribution in [-0.2, 0) is 11.0 Å². The highest BCUT2D eigenvalue weighted by molar-refractivity contribution is 8.00. The van der Waals surface area contributed by atoms with E-state index in [1.165, 1.54) is 30.0 Å². The third-order valence-electron chi connectivity index (χ3n) is 4.83. The van der Waals surface area contributed by atoms with Crippen LogP contribution in [0.25, 0.3) is 0 Å². The molecule has 0 saturated carbocycles. The van der Waals surface area contributed by atoms with Crippen LogP contribution in [0.2, 0.25) is 0 Å². The summed E-state index contributed by atoms with van der Waals surface area (Å²) >= 11 is 6.66. The normalized spacial score (nSPS) is 12.0. The Morgan fingerprint density at radius 2 is 1.62 bits per heavy atom. The Bertz CT molecular complexity index is 1150. The zero-order chi connectivity index (χ0) is 24.7. The molecule has 0 aliphatic rings. The van der Waals surface area contributed by atoms with Crippen molar-refractivity contribution in [2.75, 3.05) is 16.0 Å². The van der Waals surface area contributed by atoms with E-state index < -0.39 is 22.9 Å². The van der Waals surface area contributed by atoms with Crippen LogP contribution >= 0.6 is 24.0 Å². The van der Waals surface area contributed by atoms with E-state index in [9.17, 15) is 18.0 Å². The third kappa shape index (κ3) is 7.23. The van der Waals surface area contributed by atoms with Gasteiger partial charge >= 0.3 is 6.18 Å². The quantitative estimate of drug-likeness (QED) is 0.233. The van der Waals surface area contributed by atoms with Crippen LogP contribution in [-0.4, -0.2) is 16.3 Å². The third-order valence-corrected chi connectivity index (χ3v) is 6.40. The Morgan fingerprint density at radius 1 is 0.941 bits per heavy atom. The van der Waals surface area contributed by atoms with Gasteiger partial charge in [-0.3, -0.25) is 4.79 Å². The van der Waals surface area contributed by atoms with Crippen LogP contribution < -0.4 is 16.0 Å². The maximum absolute atomic E-state index is 13.3. The molecule has 1 amide bonds. The summed E-state index contributed by atoms with van der Waals surface area (Å²) in [6.45, 7) is 3.82. The van der Waals surface area contributed by atoms with Crippen LogP contribution in [0.1, 0.15) is 24.5 Å². The molecular weight excluding hydrogens is 479 g/mol. The smallest absolute Gasteiger partial charge is 0.332 e. The number of benzene rings is 3. The maximum Gasteiger partial charge on any atom is 0.418 e. The Labute approximate surface area is 206 Å². The Hall–Kier alpha value is -3.04. The van der Waals surface area contributed by atoms with Crippen molar-refractivity contribution in [2.45, 2.75) is 36.6 Å². The van der Waals surface area contributed by atoms with Gasteiger partial charge in [-0.05, 0) is 68.0 Å². The van der Waals surface area contributed by atoms with Gasteiger partial charge in [0, 0.05) is 16.3 Å². The molecule has 3 N–H and O–H groups in total.